The minimum Gasteiger partial charge on any atom is -0.466 e. The molecule has 0 fully saturated rings. The summed E-state index contributed by atoms with van der Waals surface area (Å²) in [5, 5.41) is 0. The molecular formula is C14H21NO2. The fraction of sp³-hybridized carbons (Fsp3) is 0.500. The molecule has 0 spiro atoms. The molecule has 0 radical (unpaired) electrons. The van der Waals surface area contributed by atoms with Crippen LogP contribution in [0.25, 0.3) is 0 Å². The van der Waals surface area contributed by atoms with Crippen LogP contribution in [0.15, 0.2) is 30.3 Å². The maximum Gasteiger partial charge on any atom is 0.305 e. The highest BCUT2D eigenvalue weighted by Crippen LogP contribution is 2.22. The van der Waals surface area contributed by atoms with E-state index >= 15 is 0 Å². The molecule has 0 aliphatic carbocycles. The lowest BCUT2D eigenvalue weighted by Crippen LogP contribution is -2.20. The molecule has 3 nitrogen and oxygen atoms in total. The van der Waals surface area contributed by atoms with Crippen molar-refractivity contribution >= 4 is 5.97 Å². The summed E-state index contributed by atoms with van der Waals surface area (Å²) in [4.78, 5) is 11.2. The van der Waals surface area contributed by atoms with Gasteiger partial charge in [-0.2, -0.15) is 0 Å². The highest BCUT2D eigenvalue weighted by atomic mass is 16.5. The van der Waals surface area contributed by atoms with Crippen molar-refractivity contribution in [3.63, 3.8) is 0 Å². The van der Waals surface area contributed by atoms with Gasteiger partial charge in [-0.05, 0) is 24.8 Å². The van der Waals surface area contributed by atoms with Gasteiger partial charge < -0.3 is 10.5 Å². The van der Waals surface area contributed by atoms with Crippen LogP contribution in [-0.2, 0) is 9.53 Å². The van der Waals surface area contributed by atoms with E-state index in [0.717, 1.165) is 12.0 Å². The van der Waals surface area contributed by atoms with Crippen LogP contribution in [-0.4, -0.2) is 12.6 Å². The molecule has 0 aliphatic heterocycles. The third-order valence-corrected chi connectivity index (χ3v) is 2.91. The van der Waals surface area contributed by atoms with Crippen LogP contribution in [0.1, 0.15) is 38.3 Å². The van der Waals surface area contributed by atoms with Crippen molar-refractivity contribution in [3.05, 3.63) is 35.9 Å². The van der Waals surface area contributed by atoms with Crippen molar-refractivity contribution in [1.29, 1.82) is 0 Å². The maximum absolute atomic E-state index is 11.2. The van der Waals surface area contributed by atoms with Gasteiger partial charge in [0.15, 0.2) is 0 Å². The summed E-state index contributed by atoms with van der Waals surface area (Å²) < 4.78 is 4.90. The Balaban J connectivity index is 2.42. The van der Waals surface area contributed by atoms with E-state index < -0.39 is 0 Å². The number of rotatable bonds is 6. The van der Waals surface area contributed by atoms with Crippen molar-refractivity contribution in [3.8, 4) is 0 Å². The molecule has 0 heterocycles. The van der Waals surface area contributed by atoms with Gasteiger partial charge in [-0.1, -0.05) is 37.3 Å². The van der Waals surface area contributed by atoms with Crippen molar-refractivity contribution < 1.29 is 9.53 Å². The predicted octanol–water partition coefficient (Wildman–Crippen LogP) is 2.67. The predicted molar refractivity (Wildman–Crippen MR) is 68.4 cm³/mol. The van der Waals surface area contributed by atoms with E-state index in [4.69, 9.17) is 10.5 Å². The first-order chi connectivity index (χ1) is 8.15. The van der Waals surface area contributed by atoms with Crippen molar-refractivity contribution in [2.24, 2.45) is 11.7 Å². The number of hydrogen-bond donors (Lipinski definition) is 1. The Morgan fingerprint density at radius 3 is 2.59 bits per heavy atom. The molecule has 2 unspecified atom stereocenters. The maximum atomic E-state index is 11.2. The molecule has 0 bridgehead atoms. The second-order valence-electron chi connectivity index (χ2n) is 4.26. The largest absolute Gasteiger partial charge is 0.466 e. The van der Waals surface area contributed by atoms with E-state index in [0.29, 0.717) is 13.0 Å². The van der Waals surface area contributed by atoms with Crippen molar-refractivity contribution in [2.45, 2.75) is 32.7 Å². The molecule has 17 heavy (non-hydrogen) atoms. The number of hydrogen-bond acceptors (Lipinski definition) is 3. The monoisotopic (exact) mass is 235 g/mol. The summed E-state index contributed by atoms with van der Waals surface area (Å²) in [6.45, 7) is 4.33. The van der Waals surface area contributed by atoms with E-state index in [1.165, 1.54) is 0 Å². The zero-order valence-electron chi connectivity index (χ0n) is 10.6. The van der Waals surface area contributed by atoms with Crippen LogP contribution >= 0.6 is 0 Å². The fourth-order valence-corrected chi connectivity index (χ4v) is 1.76. The third-order valence-electron chi connectivity index (χ3n) is 2.91. The van der Waals surface area contributed by atoms with Gasteiger partial charge >= 0.3 is 5.97 Å². The van der Waals surface area contributed by atoms with E-state index in [-0.39, 0.29) is 17.9 Å². The molecule has 94 valence electrons. The zero-order valence-corrected chi connectivity index (χ0v) is 10.6. The molecule has 3 heteroatoms. The molecule has 2 N–H and O–H groups in total. The molecule has 0 amide bonds. The number of carbonyl (C=O) groups is 1. The SMILES string of the molecule is CCOC(=O)CCC(C)C(N)c1ccccc1. The Labute approximate surface area is 103 Å². The Morgan fingerprint density at radius 2 is 2.00 bits per heavy atom. The Bertz CT molecular complexity index is 337. The van der Waals surface area contributed by atoms with Crippen LogP contribution in [0.5, 0.6) is 0 Å². The lowest BCUT2D eigenvalue weighted by Gasteiger charge is -2.19. The summed E-state index contributed by atoms with van der Waals surface area (Å²) in [5.74, 6) is 0.126. The number of carbonyl (C=O) groups excluding carboxylic acids is 1. The summed E-state index contributed by atoms with van der Waals surface area (Å²) in [5.41, 5.74) is 7.26. The zero-order chi connectivity index (χ0) is 12.7. The molecular weight excluding hydrogens is 214 g/mol. The first kappa shape index (κ1) is 13.7. The number of benzene rings is 1. The van der Waals surface area contributed by atoms with E-state index in [2.05, 4.69) is 6.92 Å². The van der Waals surface area contributed by atoms with Gasteiger partial charge in [-0.15, -0.1) is 0 Å². The minimum absolute atomic E-state index is 0.0226. The molecule has 0 saturated heterocycles. The van der Waals surface area contributed by atoms with Crippen LogP contribution in [0, 0.1) is 5.92 Å². The first-order valence-electron chi connectivity index (χ1n) is 6.11. The van der Waals surface area contributed by atoms with Crippen LogP contribution < -0.4 is 5.73 Å². The normalized spacial score (nSPS) is 14.1. The van der Waals surface area contributed by atoms with Gasteiger partial charge in [-0.3, -0.25) is 4.79 Å². The van der Waals surface area contributed by atoms with Crippen LogP contribution in [0.4, 0.5) is 0 Å². The van der Waals surface area contributed by atoms with E-state index in [1.807, 2.05) is 37.3 Å². The Kier molecular flexibility index (Phi) is 5.70. The summed E-state index contributed by atoms with van der Waals surface area (Å²) >= 11 is 0. The van der Waals surface area contributed by atoms with Crippen molar-refractivity contribution in [1.82, 2.24) is 0 Å². The van der Waals surface area contributed by atoms with Crippen LogP contribution in [0.3, 0.4) is 0 Å². The van der Waals surface area contributed by atoms with Gasteiger partial charge in [0.1, 0.15) is 0 Å². The Hall–Kier alpha value is -1.35. The summed E-state index contributed by atoms with van der Waals surface area (Å²) in [6, 6.07) is 9.95. The van der Waals surface area contributed by atoms with Crippen molar-refractivity contribution in [2.75, 3.05) is 6.61 Å². The van der Waals surface area contributed by atoms with Gasteiger partial charge in [0.25, 0.3) is 0 Å². The molecule has 0 saturated carbocycles. The standard InChI is InChI=1S/C14H21NO2/c1-3-17-13(16)10-9-11(2)14(15)12-7-5-4-6-8-12/h4-8,11,14H,3,9-10,15H2,1-2H3. The number of nitrogens with two attached hydrogens (primary N) is 1. The second kappa shape index (κ2) is 7.07. The average Bonchev–Trinajstić information content (AvgIpc) is 2.36. The number of esters is 1. The topological polar surface area (TPSA) is 52.3 Å². The van der Waals surface area contributed by atoms with Gasteiger partial charge in [0.2, 0.25) is 0 Å². The molecule has 1 aromatic carbocycles. The molecule has 2 atom stereocenters. The summed E-state index contributed by atoms with van der Waals surface area (Å²) in [6.07, 6.45) is 1.20. The molecule has 0 aromatic heterocycles. The van der Waals surface area contributed by atoms with Gasteiger partial charge in [0, 0.05) is 12.5 Å². The lowest BCUT2D eigenvalue weighted by atomic mass is 9.92. The number of ether oxygens (including phenoxy) is 1. The first-order valence-corrected chi connectivity index (χ1v) is 6.11. The van der Waals surface area contributed by atoms with Gasteiger partial charge in [0.05, 0.1) is 6.61 Å². The second-order valence-corrected chi connectivity index (χ2v) is 4.26. The molecule has 0 aliphatic rings. The smallest absolute Gasteiger partial charge is 0.305 e. The Morgan fingerprint density at radius 1 is 1.35 bits per heavy atom. The third kappa shape index (κ3) is 4.57. The van der Waals surface area contributed by atoms with Gasteiger partial charge in [-0.25, -0.2) is 0 Å². The quantitative estimate of drug-likeness (QED) is 0.771. The van der Waals surface area contributed by atoms with E-state index in [1.54, 1.807) is 0 Å². The highest BCUT2D eigenvalue weighted by Gasteiger charge is 2.16. The average molecular weight is 235 g/mol. The molecule has 1 aromatic rings. The lowest BCUT2D eigenvalue weighted by molar-refractivity contribution is -0.143. The van der Waals surface area contributed by atoms with Crippen LogP contribution in [0.2, 0.25) is 0 Å². The van der Waals surface area contributed by atoms with E-state index in [9.17, 15) is 4.79 Å². The highest BCUT2D eigenvalue weighted by molar-refractivity contribution is 5.69. The minimum atomic E-state index is -0.139. The fourth-order valence-electron chi connectivity index (χ4n) is 1.76. The molecule has 1 rings (SSSR count). The summed E-state index contributed by atoms with van der Waals surface area (Å²) in [7, 11) is 0.